The van der Waals surface area contributed by atoms with Crippen molar-refractivity contribution in [3.8, 4) is 0 Å². The van der Waals surface area contributed by atoms with Gasteiger partial charge in [0, 0.05) is 5.02 Å². The molecule has 3 aliphatic rings. The quantitative estimate of drug-likeness (QED) is 0.719. The van der Waals surface area contributed by atoms with Crippen molar-refractivity contribution in [2.24, 2.45) is 0 Å². The molecule has 0 aliphatic carbocycles. The lowest BCUT2D eigenvalue weighted by Crippen LogP contribution is -2.55. The third-order valence-corrected chi connectivity index (χ3v) is 5.20. The summed E-state index contributed by atoms with van der Waals surface area (Å²) in [5.41, 5.74) is 0.687. The molecule has 0 radical (unpaired) electrons. The number of carbonyl (C=O) groups is 1. The Morgan fingerprint density at radius 3 is 2.58 bits per heavy atom. The lowest BCUT2D eigenvalue weighted by molar-refractivity contribution is -0.258. The average molecular weight is 355 g/mol. The van der Waals surface area contributed by atoms with Crippen molar-refractivity contribution in [2.75, 3.05) is 0 Å². The molecular weight excluding hydrogens is 336 g/mol. The maximum Gasteiger partial charge on any atom is 0.509 e. The van der Waals surface area contributed by atoms with Gasteiger partial charge < -0.3 is 23.7 Å². The Labute approximate surface area is 144 Å². The van der Waals surface area contributed by atoms with Crippen LogP contribution in [-0.4, -0.2) is 36.0 Å². The van der Waals surface area contributed by atoms with E-state index < -0.39 is 42.1 Å². The van der Waals surface area contributed by atoms with Gasteiger partial charge in [0.1, 0.15) is 6.10 Å². The molecule has 0 saturated carbocycles. The number of hydrogen-bond donors (Lipinski definition) is 0. The molecule has 6 nitrogen and oxygen atoms in total. The molecule has 0 amide bonds. The van der Waals surface area contributed by atoms with Crippen molar-refractivity contribution >= 4 is 17.8 Å². The van der Waals surface area contributed by atoms with E-state index in [9.17, 15) is 4.79 Å². The van der Waals surface area contributed by atoms with E-state index in [0.717, 1.165) is 11.1 Å². The molecule has 0 bridgehead atoms. The molecule has 0 N–H and O–H groups in total. The topological polar surface area (TPSA) is 63.2 Å². The van der Waals surface area contributed by atoms with E-state index in [1.807, 2.05) is 19.1 Å². The Kier molecular flexibility index (Phi) is 3.42. The summed E-state index contributed by atoms with van der Waals surface area (Å²) >= 11 is 6.22. The second-order valence-electron chi connectivity index (χ2n) is 7.06. The van der Waals surface area contributed by atoms with Gasteiger partial charge in [0.05, 0.1) is 0 Å². The molecule has 7 heteroatoms. The van der Waals surface area contributed by atoms with Gasteiger partial charge in [-0.05, 0) is 44.9 Å². The van der Waals surface area contributed by atoms with E-state index in [2.05, 4.69) is 0 Å². The van der Waals surface area contributed by atoms with Crippen LogP contribution >= 0.6 is 11.6 Å². The van der Waals surface area contributed by atoms with Gasteiger partial charge in [-0.2, -0.15) is 0 Å². The Morgan fingerprint density at radius 2 is 1.88 bits per heavy atom. The third kappa shape index (κ3) is 2.32. The molecule has 3 aliphatic heterocycles. The van der Waals surface area contributed by atoms with Gasteiger partial charge in [0.15, 0.2) is 29.9 Å². The van der Waals surface area contributed by atoms with Gasteiger partial charge in [0.2, 0.25) is 0 Å². The van der Waals surface area contributed by atoms with Gasteiger partial charge in [0.25, 0.3) is 0 Å². The minimum absolute atomic E-state index is 0.520. The van der Waals surface area contributed by atoms with Crippen LogP contribution in [0.4, 0.5) is 4.79 Å². The van der Waals surface area contributed by atoms with Crippen LogP contribution in [-0.2, 0) is 23.7 Å². The van der Waals surface area contributed by atoms with Gasteiger partial charge in [-0.15, -0.1) is 0 Å². The molecule has 3 saturated heterocycles. The lowest BCUT2D eigenvalue weighted by Gasteiger charge is -2.41. The zero-order valence-corrected chi connectivity index (χ0v) is 14.6. The highest BCUT2D eigenvalue weighted by molar-refractivity contribution is 6.31. The summed E-state index contributed by atoms with van der Waals surface area (Å²) in [5.74, 6) is -0.795. The first-order valence-electron chi connectivity index (χ1n) is 7.86. The van der Waals surface area contributed by atoms with E-state index in [1.165, 1.54) is 0 Å². The Balaban J connectivity index is 1.71. The molecule has 0 spiro atoms. The van der Waals surface area contributed by atoms with E-state index in [-0.39, 0.29) is 0 Å². The number of benzene rings is 1. The van der Waals surface area contributed by atoms with Crippen LogP contribution in [0, 0.1) is 6.92 Å². The van der Waals surface area contributed by atoms with Gasteiger partial charge >= 0.3 is 6.16 Å². The predicted octanol–water partition coefficient (Wildman–Crippen LogP) is 3.49. The zero-order chi connectivity index (χ0) is 17.3. The molecule has 1 aromatic rings. The van der Waals surface area contributed by atoms with Crippen LogP contribution in [0.25, 0.3) is 0 Å². The van der Waals surface area contributed by atoms with Crippen molar-refractivity contribution in [3.63, 3.8) is 0 Å². The lowest BCUT2D eigenvalue weighted by atomic mass is 9.87. The fraction of sp³-hybridized carbons (Fsp3) is 0.588. The fourth-order valence-corrected chi connectivity index (χ4v) is 3.73. The number of rotatable bonds is 1. The first-order chi connectivity index (χ1) is 11.2. The molecular formula is C17H19ClO6. The Hall–Kier alpha value is -1.34. The van der Waals surface area contributed by atoms with Crippen LogP contribution in [0.15, 0.2) is 18.2 Å². The largest absolute Gasteiger partial charge is 0.509 e. The first kappa shape index (κ1) is 16.1. The van der Waals surface area contributed by atoms with E-state index in [0.29, 0.717) is 5.02 Å². The number of ether oxygens (including phenoxy) is 5. The summed E-state index contributed by atoms with van der Waals surface area (Å²) in [6.45, 7) is 7.29. The fourth-order valence-electron chi connectivity index (χ4n) is 3.54. The van der Waals surface area contributed by atoms with Crippen molar-refractivity contribution in [1.82, 2.24) is 0 Å². The molecule has 1 aromatic carbocycles. The van der Waals surface area contributed by atoms with Crippen LogP contribution in [0.3, 0.4) is 0 Å². The van der Waals surface area contributed by atoms with Crippen molar-refractivity contribution in [2.45, 2.75) is 63.7 Å². The second-order valence-corrected chi connectivity index (χ2v) is 7.47. The van der Waals surface area contributed by atoms with Gasteiger partial charge in [-0.3, -0.25) is 0 Å². The minimum atomic E-state index is -1.00. The van der Waals surface area contributed by atoms with Gasteiger partial charge in [-0.1, -0.05) is 23.7 Å². The molecule has 3 fully saturated rings. The molecule has 0 unspecified atom stereocenters. The molecule has 24 heavy (non-hydrogen) atoms. The smallest absolute Gasteiger partial charge is 0.423 e. The summed E-state index contributed by atoms with van der Waals surface area (Å²) in [6, 6.07) is 5.53. The molecule has 0 aromatic heterocycles. The minimum Gasteiger partial charge on any atom is -0.423 e. The summed E-state index contributed by atoms with van der Waals surface area (Å²) in [7, 11) is 0. The maximum atomic E-state index is 12.1. The highest BCUT2D eigenvalue weighted by Crippen LogP contribution is 2.51. The van der Waals surface area contributed by atoms with Crippen LogP contribution < -0.4 is 0 Å². The summed E-state index contributed by atoms with van der Waals surface area (Å²) in [6.07, 6.45) is -3.09. The number of hydrogen-bond acceptors (Lipinski definition) is 6. The number of aryl methyl sites for hydroxylation is 1. The predicted molar refractivity (Wildman–Crippen MR) is 83.6 cm³/mol. The van der Waals surface area contributed by atoms with Crippen LogP contribution in [0.1, 0.15) is 38.0 Å². The van der Waals surface area contributed by atoms with E-state index >= 15 is 0 Å². The maximum absolute atomic E-state index is 12.1. The monoisotopic (exact) mass is 354 g/mol. The highest BCUT2D eigenvalue weighted by Gasteiger charge is 2.68. The molecule has 5 atom stereocenters. The van der Waals surface area contributed by atoms with Crippen LogP contribution in [0.2, 0.25) is 5.02 Å². The Bertz CT molecular complexity index is 704. The van der Waals surface area contributed by atoms with Crippen molar-refractivity contribution in [1.29, 1.82) is 0 Å². The number of cyclic esters (lactones) is 1. The molecule has 4 rings (SSSR count). The molecule has 130 valence electrons. The van der Waals surface area contributed by atoms with Crippen molar-refractivity contribution in [3.05, 3.63) is 34.3 Å². The molecule has 3 heterocycles. The summed E-state index contributed by atoms with van der Waals surface area (Å²) < 4.78 is 28.6. The first-order valence-corrected chi connectivity index (χ1v) is 8.24. The van der Waals surface area contributed by atoms with Gasteiger partial charge in [-0.25, -0.2) is 4.79 Å². The second kappa shape index (κ2) is 5.08. The third-order valence-electron chi connectivity index (χ3n) is 4.79. The number of fused-ring (bicyclic) bond motifs is 3. The summed E-state index contributed by atoms with van der Waals surface area (Å²) in [5, 5.41) is 0.601. The van der Waals surface area contributed by atoms with Crippen molar-refractivity contribution < 1.29 is 28.5 Å². The number of halogens is 1. The Morgan fingerprint density at radius 1 is 1.12 bits per heavy atom. The standard InChI is InChI=1S/C17H19ClO6/c1-8-5-6-9(7-10(8)18)11-12-17(4,24-15(19)20-11)13-14(21-12)23-16(2,3)22-13/h5-7,11-14H,1-4H3/t11-,12-,13+,14-,17-/m1/s1. The zero-order valence-electron chi connectivity index (χ0n) is 13.9. The average Bonchev–Trinajstić information content (AvgIpc) is 2.92. The highest BCUT2D eigenvalue weighted by atomic mass is 35.5. The number of carbonyl (C=O) groups excluding carboxylic acids is 1. The summed E-state index contributed by atoms with van der Waals surface area (Å²) in [4.78, 5) is 12.1. The van der Waals surface area contributed by atoms with Crippen LogP contribution in [0.5, 0.6) is 0 Å². The SMILES string of the molecule is Cc1ccc([C@H]2OC(=O)O[C@]3(C)[C@@H]2O[C@@H]2OC(C)(C)O[C@@H]23)cc1Cl. The normalized spacial score (nSPS) is 39.8. The van der Waals surface area contributed by atoms with E-state index in [1.54, 1.807) is 26.8 Å². The van der Waals surface area contributed by atoms with E-state index in [4.69, 9.17) is 35.3 Å².